The van der Waals surface area contributed by atoms with Crippen LogP contribution in [0.4, 0.5) is 0 Å². The molecular formula is C11H26O6. The number of rotatable bonds is 9. The molecule has 0 amide bonds. The molecule has 17 heavy (non-hydrogen) atoms. The minimum atomic E-state index is -0.651. The molecule has 0 rings (SSSR count). The highest BCUT2D eigenvalue weighted by molar-refractivity contribution is 4.55. The van der Waals surface area contributed by atoms with E-state index in [9.17, 15) is 0 Å². The minimum Gasteiger partial charge on any atom is -0.396 e. The summed E-state index contributed by atoms with van der Waals surface area (Å²) in [6.45, 7) is 0.106. The first kappa shape index (κ1) is 19.1. The lowest BCUT2D eigenvalue weighted by Gasteiger charge is -2.08. The molecule has 6 heteroatoms. The Hall–Kier alpha value is -0.240. The van der Waals surface area contributed by atoms with Gasteiger partial charge in [-0.1, -0.05) is 0 Å². The second-order valence-corrected chi connectivity index (χ2v) is 3.78. The second kappa shape index (κ2) is 15.8. The van der Waals surface area contributed by atoms with Crippen molar-refractivity contribution in [3.05, 3.63) is 0 Å². The Morgan fingerprint density at radius 2 is 1.18 bits per heavy atom. The van der Waals surface area contributed by atoms with Crippen molar-refractivity contribution in [2.75, 3.05) is 33.0 Å². The van der Waals surface area contributed by atoms with Gasteiger partial charge in [0.2, 0.25) is 0 Å². The summed E-state index contributed by atoms with van der Waals surface area (Å²) in [6, 6.07) is 0. The third kappa shape index (κ3) is 15.8. The van der Waals surface area contributed by atoms with Crippen LogP contribution in [0.1, 0.15) is 25.7 Å². The van der Waals surface area contributed by atoms with E-state index in [0.29, 0.717) is 25.7 Å². The number of aliphatic hydroxyl groups is 6. The van der Waals surface area contributed by atoms with Gasteiger partial charge in [-0.25, -0.2) is 0 Å². The molecule has 0 bridgehead atoms. The molecule has 6 nitrogen and oxygen atoms in total. The summed E-state index contributed by atoms with van der Waals surface area (Å²) >= 11 is 0. The van der Waals surface area contributed by atoms with Gasteiger partial charge in [0.25, 0.3) is 0 Å². The van der Waals surface area contributed by atoms with Crippen LogP contribution >= 0.6 is 0 Å². The SMILES string of the molecule is OCCC(CO)CCO.OCCCC(O)CO. The van der Waals surface area contributed by atoms with E-state index < -0.39 is 6.10 Å². The Bertz CT molecular complexity index is 127. The van der Waals surface area contributed by atoms with E-state index in [0.717, 1.165) is 0 Å². The zero-order valence-corrected chi connectivity index (χ0v) is 10.2. The Labute approximate surface area is 102 Å². The smallest absolute Gasteiger partial charge is 0.0771 e. The van der Waals surface area contributed by atoms with Gasteiger partial charge in [0, 0.05) is 26.4 Å². The van der Waals surface area contributed by atoms with Crippen molar-refractivity contribution in [2.45, 2.75) is 31.8 Å². The maximum atomic E-state index is 8.63. The predicted octanol–water partition coefficient (Wildman–Crippen LogP) is -1.53. The second-order valence-electron chi connectivity index (χ2n) is 3.78. The van der Waals surface area contributed by atoms with Crippen molar-refractivity contribution >= 4 is 0 Å². The van der Waals surface area contributed by atoms with E-state index in [2.05, 4.69) is 0 Å². The van der Waals surface area contributed by atoms with Crippen molar-refractivity contribution in [3.8, 4) is 0 Å². The lowest BCUT2D eigenvalue weighted by atomic mass is 10.0. The van der Waals surface area contributed by atoms with Gasteiger partial charge in [-0.05, 0) is 31.6 Å². The normalized spacial score (nSPS) is 12.2. The van der Waals surface area contributed by atoms with Crippen LogP contribution in [0, 0.1) is 5.92 Å². The van der Waals surface area contributed by atoms with Crippen molar-refractivity contribution in [2.24, 2.45) is 5.92 Å². The fourth-order valence-corrected chi connectivity index (χ4v) is 1.11. The third-order valence-corrected chi connectivity index (χ3v) is 2.24. The van der Waals surface area contributed by atoms with Crippen molar-refractivity contribution < 1.29 is 30.6 Å². The molecule has 0 aliphatic carbocycles. The molecule has 0 fully saturated rings. The van der Waals surface area contributed by atoms with E-state index in [-0.39, 0.29) is 39.0 Å². The highest BCUT2D eigenvalue weighted by atomic mass is 16.3. The van der Waals surface area contributed by atoms with Crippen LogP contribution in [-0.2, 0) is 0 Å². The van der Waals surface area contributed by atoms with Gasteiger partial charge in [-0.15, -0.1) is 0 Å². The molecule has 0 heterocycles. The number of hydrogen-bond donors (Lipinski definition) is 6. The van der Waals surface area contributed by atoms with E-state index in [1.165, 1.54) is 0 Å². The van der Waals surface area contributed by atoms with E-state index >= 15 is 0 Å². The molecule has 0 spiro atoms. The zero-order valence-electron chi connectivity index (χ0n) is 10.2. The third-order valence-electron chi connectivity index (χ3n) is 2.24. The predicted molar refractivity (Wildman–Crippen MR) is 63.4 cm³/mol. The topological polar surface area (TPSA) is 121 Å². The summed E-state index contributed by atoms with van der Waals surface area (Å²) < 4.78 is 0. The van der Waals surface area contributed by atoms with Gasteiger partial charge < -0.3 is 30.6 Å². The molecular weight excluding hydrogens is 228 g/mol. The maximum Gasteiger partial charge on any atom is 0.0771 e. The maximum absolute atomic E-state index is 8.63. The molecule has 106 valence electrons. The fraction of sp³-hybridized carbons (Fsp3) is 1.00. The van der Waals surface area contributed by atoms with Crippen LogP contribution in [0.15, 0.2) is 0 Å². The highest BCUT2D eigenvalue weighted by Crippen LogP contribution is 2.04. The molecule has 0 aliphatic rings. The Morgan fingerprint density at radius 3 is 1.47 bits per heavy atom. The van der Waals surface area contributed by atoms with Crippen LogP contribution in [-0.4, -0.2) is 69.8 Å². The minimum absolute atomic E-state index is 0.0567. The lowest BCUT2D eigenvalue weighted by Crippen LogP contribution is -2.11. The zero-order chi connectivity index (χ0) is 13.5. The quantitative estimate of drug-likeness (QED) is 0.297. The molecule has 0 aromatic rings. The average molecular weight is 254 g/mol. The fourth-order valence-electron chi connectivity index (χ4n) is 1.11. The molecule has 0 saturated heterocycles. The van der Waals surface area contributed by atoms with E-state index in [1.807, 2.05) is 0 Å². The van der Waals surface area contributed by atoms with Crippen molar-refractivity contribution in [1.29, 1.82) is 0 Å². The summed E-state index contributed by atoms with van der Waals surface area (Å²) in [5, 5.41) is 50.4. The van der Waals surface area contributed by atoms with Crippen LogP contribution in [0.2, 0.25) is 0 Å². The van der Waals surface area contributed by atoms with Gasteiger partial charge in [-0.3, -0.25) is 0 Å². The lowest BCUT2D eigenvalue weighted by molar-refractivity contribution is 0.0817. The molecule has 1 unspecified atom stereocenters. The summed E-state index contributed by atoms with van der Waals surface area (Å²) in [5.41, 5.74) is 0. The summed E-state index contributed by atoms with van der Waals surface area (Å²) in [6.07, 6.45) is 1.55. The van der Waals surface area contributed by atoms with Crippen molar-refractivity contribution in [3.63, 3.8) is 0 Å². The van der Waals surface area contributed by atoms with E-state index in [4.69, 9.17) is 30.6 Å². The highest BCUT2D eigenvalue weighted by Gasteiger charge is 2.04. The average Bonchev–Trinajstić information content (AvgIpc) is 2.36. The molecule has 1 atom stereocenters. The van der Waals surface area contributed by atoms with Gasteiger partial charge in [0.1, 0.15) is 0 Å². The Balaban J connectivity index is 0. The standard InChI is InChI=1S/C6H14O3.C5H12O3/c7-3-1-6(5-9)2-4-8;6-3-1-2-5(8)4-7/h6-9H,1-5H2;5-8H,1-4H2. The molecule has 0 aliphatic heterocycles. The van der Waals surface area contributed by atoms with Gasteiger partial charge in [0.15, 0.2) is 0 Å². The number of aliphatic hydroxyl groups excluding tert-OH is 6. The summed E-state index contributed by atoms with van der Waals surface area (Å²) in [4.78, 5) is 0. The summed E-state index contributed by atoms with van der Waals surface area (Å²) in [5.74, 6) is 0.0694. The molecule has 6 N–H and O–H groups in total. The van der Waals surface area contributed by atoms with Crippen LogP contribution in [0.5, 0.6) is 0 Å². The largest absolute Gasteiger partial charge is 0.396 e. The molecule has 0 aromatic carbocycles. The van der Waals surface area contributed by atoms with Crippen LogP contribution in [0.3, 0.4) is 0 Å². The van der Waals surface area contributed by atoms with Gasteiger partial charge in [0.05, 0.1) is 12.7 Å². The first-order chi connectivity index (χ1) is 8.15. The first-order valence-electron chi connectivity index (χ1n) is 5.88. The molecule has 0 saturated carbocycles. The first-order valence-corrected chi connectivity index (χ1v) is 5.88. The molecule has 0 aromatic heterocycles. The monoisotopic (exact) mass is 254 g/mol. The van der Waals surface area contributed by atoms with Crippen LogP contribution < -0.4 is 0 Å². The Morgan fingerprint density at radius 1 is 0.647 bits per heavy atom. The van der Waals surface area contributed by atoms with Crippen molar-refractivity contribution in [1.82, 2.24) is 0 Å². The summed E-state index contributed by atoms with van der Waals surface area (Å²) in [7, 11) is 0. The Kier molecular flexibility index (Phi) is 17.7. The molecule has 0 radical (unpaired) electrons. The van der Waals surface area contributed by atoms with Gasteiger partial charge >= 0.3 is 0 Å². The van der Waals surface area contributed by atoms with Gasteiger partial charge in [-0.2, -0.15) is 0 Å². The van der Waals surface area contributed by atoms with E-state index in [1.54, 1.807) is 0 Å². The number of hydrogen-bond acceptors (Lipinski definition) is 6. The van der Waals surface area contributed by atoms with Crippen LogP contribution in [0.25, 0.3) is 0 Å².